The highest BCUT2D eigenvalue weighted by Gasteiger charge is 2.04. The molecule has 5 nitrogen and oxygen atoms in total. The normalized spacial score (nSPS) is 12.2. The fourth-order valence-corrected chi connectivity index (χ4v) is 1.86. The van der Waals surface area contributed by atoms with Crippen LogP contribution in [0.25, 0.3) is 5.65 Å². The first-order valence-electron chi connectivity index (χ1n) is 6.50. The summed E-state index contributed by atoms with van der Waals surface area (Å²) in [6.45, 7) is 6.90. The van der Waals surface area contributed by atoms with Gasteiger partial charge in [-0.15, -0.1) is 0 Å². The van der Waals surface area contributed by atoms with Crippen LogP contribution in [-0.2, 0) is 6.54 Å². The van der Waals surface area contributed by atoms with Gasteiger partial charge in [-0.05, 0) is 38.5 Å². The second-order valence-electron chi connectivity index (χ2n) is 4.93. The van der Waals surface area contributed by atoms with Crippen LogP contribution in [0.15, 0.2) is 29.5 Å². The number of hydrogen-bond donors (Lipinski definition) is 2. The third-order valence-corrected chi connectivity index (χ3v) is 2.75. The van der Waals surface area contributed by atoms with Crippen molar-refractivity contribution in [3.8, 4) is 0 Å². The van der Waals surface area contributed by atoms with Crippen LogP contribution in [0.1, 0.15) is 25.1 Å². The van der Waals surface area contributed by atoms with Gasteiger partial charge in [-0.2, -0.15) is 0 Å². The van der Waals surface area contributed by atoms with E-state index in [2.05, 4.69) is 53.5 Å². The molecule has 0 spiro atoms. The molecule has 0 radical (unpaired) electrons. The molecule has 2 N–H and O–H groups in total. The molecular weight excluding hydrogens is 238 g/mol. The molecule has 0 aliphatic carbocycles. The summed E-state index contributed by atoms with van der Waals surface area (Å²) in [5.74, 6) is 0.795. The summed E-state index contributed by atoms with van der Waals surface area (Å²) >= 11 is 0. The molecule has 0 bridgehead atoms. The minimum Gasteiger partial charge on any atom is -0.354 e. The highest BCUT2D eigenvalue weighted by atomic mass is 15.2. The predicted molar refractivity (Wildman–Crippen MR) is 78.4 cm³/mol. The Bertz CT molecular complexity index is 583. The summed E-state index contributed by atoms with van der Waals surface area (Å²) in [5, 5.41) is 6.50. The van der Waals surface area contributed by atoms with Crippen LogP contribution in [0.2, 0.25) is 0 Å². The van der Waals surface area contributed by atoms with Gasteiger partial charge in [0.1, 0.15) is 5.65 Å². The van der Waals surface area contributed by atoms with Gasteiger partial charge < -0.3 is 15.0 Å². The maximum atomic E-state index is 4.58. The first kappa shape index (κ1) is 13.4. The number of nitrogens with one attached hydrogen (secondary N) is 2. The smallest absolute Gasteiger partial charge is 0.191 e. The van der Waals surface area contributed by atoms with Gasteiger partial charge in [0, 0.05) is 25.5 Å². The number of fused-ring (bicyclic) bond motifs is 1. The van der Waals surface area contributed by atoms with Crippen LogP contribution in [0, 0.1) is 6.92 Å². The van der Waals surface area contributed by atoms with E-state index in [-0.39, 0.29) is 0 Å². The van der Waals surface area contributed by atoms with E-state index in [1.807, 2.05) is 16.8 Å². The summed E-state index contributed by atoms with van der Waals surface area (Å²) in [5.41, 5.74) is 3.19. The second-order valence-corrected chi connectivity index (χ2v) is 4.93. The maximum Gasteiger partial charge on any atom is 0.191 e. The number of hydrogen-bond acceptors (Lipinski definition) is 2. The number of aliphatic imine (C=N–C) groups is 1. The molecule has 2 aromatic rings. The lowest BCUT2D eigenvalue weighted by Gasteiger charge is -2.13. The number of aryl methyl sites for hydroxylation is 1. The molecule has 0 fully saturated rings. The standard InChI is InChI=1S/C14H21N5/c1-10(2)17-14(15-4)16-8-12-9-19-6-5-11(3)7-13(19)18-12/h5-7,9-10H,8H2,1-4H3,(H2,15,16,17). The number of pyridine rings is 1. The third kappa shape index (κ3) is 3.47. The van der Waals surface area contributed by atoms with Crippen LogP contribution in [0.4, 0.5) is 0 Å². The second kappa shape index (κ2) is 5.73. The zero-order chi connectivity index (χ0) is 13.8. The van der Waals surface area contributed by atoms with Crippen LogP contribution < -0.4 is 10.6 Å². The van der Waals surface area contributed by atoms with E-state index in [1.165, 1.54) is 5.56 Å². The SMILES string of the molecule is CN=C(NCc1cn2ccc(C)cc2n1)NC(C)C. The van der Waals surface area contributed by atoms with E-state index in [4.69, 9.17) is 0 Å². The third-order valence-electron chi connectivity index (χ3n) is 2.75. The van der Waals surface area contributed by atoms with Crippen molar-refractivity contribution in [1.29, 1.82) is 0 Å². The number of rotatable bonds is 3. The Morgan fingerprint density at radius 2 is 2.26 bits per heavy atom. The fourth-order valence-electron chi connectivity index (χ4n) is 1.86. The number of imidazole rings is 1. The molecule has 0 saturated carbocycles. The summed E-state index contributed by atoms with van der Waals surface area (Å²) in [6.07, 6.45) is 4.06. The molecule has 0 aliphatic rings. The summed E-state index contributed by atoms with van der Waals surface area (Å²) in [7, 11) is 1.77. The lowest BCUT2D eigenvalue weighted by Crippen LogP contribution is -2.40. The monoisotopic (exact) mass is 259 g/mol. The van der Waals surface area contributed by atoms with Crippen molar-refractivity contribution in [2.45, 2.75) is 33.4 Å². The Morgan fingerprint density at radius 1 is 1.47 bits per heavy atom. The Hall–Kier alpha value is -2.04. The van der Waals surface area contributed by atoms with Crippen LogP contribution in [0.5, 0.6) is 0 Å². The maximum absolute atomic E-state index is 4.58. The molecule has 19 heavy (non-hydrogen) atoms. The van der Waals surface area contributed by atoms with E-state index in [9.17, 15) is 0 Å². The van der Waals surface area contributed by atoms with Gasteiger partial charge in [-0.1, -0.05) is 0 Å². The largest absolute Gasteiger partial charge is 0.354 e. The van der Waals surface area contributed by atoms with Crippen molar-refractivity contribution in [3.05, 3.63) is 35.8 Å². The molecule has 0 aromatic carbocycles. The van der Waals surface area contributed by atoms with Crippen molar-refractivity contribution in [2.24, 2.45) is 4.99 Å². The highest BCUT2D eigenvalue weighted by molar-refractivity contribution is 5.79. The Kier molecular flexibility index (Phi) is 4.04. The van der Waals surface area contributed by atoms with E-state index in [0.29, 0.717) is 12.6 Å². The first-order valence-corrected chi connectivity index (χ1v) is 6.50. The van der Waals surface area contributed by atoms with Crippen LogP contribution >= 0.6 is 0 Å². The molecule has 2 rings (SSSR count). The molecule has 0 aliphatic heterocycles. The predicted octanol–water partition coefficient (Wildman–Crippen LogP) is 1.72. The molecule has 5 heteroatoms. The lowest BCUT2D eigenvalue weighted by molar-refractivity contribution is 0.697. The van der Waals surface area contributed by atoms with Crippen molar-refractivity contribution in [3.63, 3.8) is 0 Å². The summed E-state index contributed by atoms with van der Waals surface area (Å²) in [6, 6.07) is 4.51. The van der Waals surface area contributed by atoms with Crippen molar-refractivity contribution in [1.82, 2.24) is 20.0 Å². The number of guanidine groups is 1. The fraction of sp³-hybridized carbons (Fsp3) is 0.429. The van der Waals surface area contributed by atoms with Crippen molar-refractivity contribution >= 4 is 11.6 Å². The van der Waals surface area contributed by atoms with Gasteiger partial charge in [0.2, 0.25) is 0 Å². The molecule has 102 valence electrons. The van der Waals surface area contributed by atoms with Gasteiger partial charge >= 0.3 is 0 Å². The molecule has 0 unspecified atom stereocenters. The van der Waals surface area contributed by atoms with Crippen LogP contribution in [-0.4, -0.2) is 28.4 Å². The van der Waals surface area contributed by atoms with Gasteiger partial charge in [0.25, 0.3) is 0 Å². The lowest BCUT2D eigenvalue weighted by atomic mass is 10.3. The minimum absolute atomic E-state index is 0.356. The van der Waals surface area contributed by atoms with Crippen molar-refractivity contribution < 1.29 is 0 Å². The quantitative estimate of drug-likeness (QED) is 0.652. The zero-order valence-electron chi connectivity index (χ0n) is 11.9. The molecular formula is C14H21N5. The van der Waals surface area contributed by atoms with E-state index in [1.54, 1.807) is 7.05 Å². The highest BCUT2D eigenvalue weighted by Crippen LogP contribution is 2.07. The average Bonchev–Trinajstić information content (AvgIpc) is 2.75. The topological polar surface area (TPSA) is 53.7 Å². The number of aromatic nitrogens is 2. The Labute approximate surface area is 113 Å². The van der Waals surface area contributed by atoms with Gasteiger partial charge in [0.15, 0.2) is 5.96 Å². The van der Waals surface area contributed by atoms with Gasteiger partial charge in [-0.25, -0.2) is 4.98 Å². The van der Waals surface area contributed by atoms with E-state index >= 15 is 0 Å². The summed E-state index contributed by atoms with van der Waals surface area (Å²) in [4.78, 5) is 8.75. The van der Waals surface area contributed by atoms with E-state index < -0.39 is 0 Å². The molecule has 2 aromatic heterocycles. The van der Waals surface area contributed by atoms with Crippen molar-refractivity contribution in [2.75, 3.05) is 7.05 Å². The van der Waals surface area contributed by atoms with Gasteiger partial charge in [0.05, 0.1) is 12.2 Å². The Morgan fingerprint density at radius 3 is 2.95 bits per heavy atom. The minimum atomic E-state index is 0.356. The zero-order valence-corrected chi connectivity index (χ0v) is 11.9. The van der Waals surface area contributed by atoms with Gasteiger partial charge in [-0.3, -0.25) is 4.99 Å². The molecule has 0 saturated heterocycles. The number of nitrogens with zero attached hydrogens (tertiary/aromatic N) is 3. The molecule has 0 amide bonds. The Balaban J connectivity index is 2.05. The average molecular weight is 259 g/mol. The van der Waals surface area contributed by atoms with Crippen LogP contribution in [0.3, 0.4) is 0 Å². The molecule has 2 heterocycles. The van der Waals surface area contributed by atoms with E-state index in [0.717, 1.165) is 17.3 Å². The molecule has 0 atom stereocenters. The first-order chi connectivity index (χ1) is 9.08. The summed E-state index contributed by atoms with van der Waals surface area (Å²) < 4.78 is 2.03.